The molecule has 1 aromatic rings. The Morgan fingerprint density at radius 1 is 1.16 bits per heavy atom. The van der Waals surface area contributed by atoms with Crippen LogP contribution in [0.15, 0.2) is 18.2 Å². The molecule has 1 aromatic carbocycles. The van der Waals surface area contributed by atoms with Gasteiger partial charge in [-0.15, -0.1) is 12.4 Å². The van der Waals surface area contributed by atoms with E-state index in [9.17, 15) is 4.79 Å². The number of carbonyl (C=O) groups is 1. The zero-order valence-corrected chi connectivity index (χ0v) is 15.6. The fourth-order valence-corrected chi connectivity index (χ4v) is 4.91. The molecule has 2 fully saturated rings. The molecule has 2 heterocycles. The Labute approximate surface area is 156 Å². The average Bonchev–Trinajstić information content (AvgIpc) is 2.67. The molecule has 1 saturated heterocycles. The highest BCUT2D eigenvalue weighted by molar-refractivity contribution is 5.90. The highest BCUT2D eigenvalue weighted by Gasteiger charge is 2.42. The van der Waals surface area contributed by atoms with Crippen LogP contribution in [-0.2, 0) is 9.47 Å². The van der Waals surface area contributed by atoms with Crippen molar-refractivity contribution in [3.63, 3.8) is 0 Å². The van der Waals surface area contributed by atoms with Crippen LogP contribution in [0.2, 0.25) is 0 Å². The zero-order chi connectivity index (χ0) is 16.5. The van der Waals surface area contributed by atoms with E-state index in [-0.39, 0.29) is 24.5 Å². The number of fused-ring (bicyclic) bond motifs is 3. The topological polar surface area (TPSA) is 47.6 Å². The van der Waals surface area contributed by atoms with Gasteiger partial charge in [-0.2, -0.15) is 0 Å². The zero-order valence-electron chi connectivity index (χ0n) is 14.8. The maximum Gasteiger partial charge on any atom is 0.337 e. The number of benzene rings is 1. The lowest BCUT2D eigenvalue weighted by Crippen LogP contribution is -2.46. The second kappa shape index (κ2) is 7.96. The molecule has 3 atom stereocenters. The molecule has 4 rings (SSSR count). The van der Waals surface area contributed by atoms with Crippen LogP contribution in [0.3, 0.4) is 0 Å². The Morgan fingerprint density at radius 3 is 2.72 bits per heavy atom. The van der Waals surface area contributed by atoms with E-state index in [1.807, 2.05) is 18.2 Å². The van der Waals surface area contributed by atoms with E-state index in [2.05, 4.69) is 5.32 Å². The molecule has 0 bridgehead atoms. The van der Waals surface area contributed by atoms with Gasteiger partial charge in [0.2, 0.25) is 0 Å². The van der Waals surface area contributed by atoms with E-state index in [4.69, 9.17) is 9.47 Å². The van der Waals surface area contributed by atoms with Gasteiger partial charge in [-0.1, -0.05) is 19.3 Å². The molecule has 1 N–H and O–H groups in total. The lowest BCUT2D eigenvalue weighted by molar-refractivity contribution is -0.0458. The van der Waals surface area contributed by atoms with E-state index in [0.717, 1.165) is 30.2 Å². The Morgan fingerprint density at radius 2 is 1.96 bits per heavy atom. The van der Waals surface area contributed by atoms with Gasteiger partial charge >= 0.3 is 5.97 Å². The van der Waals surface area contributed by atoms with E-state index in [1.165, 1.54) is 45.6 Å². The number of esters is 1. The minimum Gasteiger partial charge on any atom is -0.465 e. The summed E-state index contributed by atoms with van der Waals surface area (Å²) in [6.45, 7) is 0.820. The Balaban J connectivity index is 0.00000182. The summed E-state index contributed by atoms with van der Waals surface area (Å²) in [6, 6.07) is 6.37. The van der Waals surface area contributed by atoms with Crippen molar-refractivity contribution in [2.24, 2.45) is 11.8 Å². The molecule has 3 aliphatic rings. The quantitative estimate of drug-likeness (QED) is 0.769. The third-order valence-electron chi connectivity index (χ3n) is 6.09. The molecular weight excluding hydrogens is 338 g/mol. The third kappa shape index (κ3) is 3.52. The summed E-state index contributed by atoms with van der Waals surface area (Å²) in [7, 11) is 1.43. The number of rotatable bonds is 2. The maximum absolute atomic E-state index is 11.9. The number of ether oxygens (including phenoxy) is 2. The van der Waals surface area contributed by atoms with Crippen LogP contribution < -0.4 is 5.32 Å². The highest BCUT2D eigenvalue weighted by atomic mass is 35.5. The molecule has 138 valence electrons. The number of hydrogen-bond acceptors (Lipinski definition) is 4. The lowest BCUT2D eigenvalue weighted by Gasteiger charge is -2.47. The number of nitrogens with one attached hydrogen (secondary N) is 1. The summed E-state index contributed by atoms with van der Waals surface area (Å²) in [6.07, 6.45) is 9.22. The molecule has 25 heavy (non-hydrogen) atoms. The van der Waals surface area contributed by atoms with Gasteiger partial charge in [-0.3, -0.25) is 0 Å². The van der Waals surface area contributed by atoms with Gasteiger partial charge in [0.05, 0.1) is 18.8 Å². The van der Waals surface area contributed by atoms with Crippen molar-refractivity contribution in [3.05, 3.63) is 29.3 Å². The second-order valence-corrected chi connectivity index (χ2v) is 7.46. The van der Waals surface area contributed by atoms with Crippen LogP contribution in [0.1, 0.15) is 67.0 Å². The van der Waals surface area contributed by atoms with Crippen LogP contribution in [0, 0.1) is 11.8 Å². The molecule has 0 aromatic heterocycles. The molecule has 2 aliphatic heterocycles. The van der Waals surface area contributed by atoms with Gasteiger partial charge in [0.15, 0.2) is 0 Å². The van der Waals surface area contributed by atoms with Crippen LogP contribution in [0.5, 0.6) is 0 Å². The van der Waals surface area contributed by atoms with Gasteiger partial charge in [0.1, 0.15) is 0 Å². The van der Waals surface area contributed by atoms with Crippen molar-refractivity contribution in [2.75, 3.05) is 19.0 Å². The van der Waals surface area contributed by atoms with Crippen LogP contribution in [-0.4, -0.2) is 25.7 Å². The molecule has 1 saturated carbocycles. The Hall–Kier alpha value is -1.26. The summed E-state index contributed by atoms with van der Waals surface area (Å²) in [5.74, 6) is 0.989. The number of anilines is 1. The first-order valence-electron chi connectivity index (χ1n) is 9.38. The minimum absolute atomic E-state index is 0. The van der Waals surface area contributed by atoms with Gasteiger partial charge in [-0.05, 0) is 49.8 Å². The molecule has 0 unspecified atom stereocenters. The molecule has 0 amide bonds. The summed E-state index contributed by atoms with van der Waals surface area (Å²) in [5.41, 5.74) is 2.89. The van der Waals surface area contributed by atoms with E-state index in [0.29, 0.717) is 17.5 Å². The van der Waals surface area contributed by atoms with E-state index >= 15 is 0 Å². The first-order chi connectivity index (χ1) is 11.8. The smallest absolute Gasteiger partial charge is 0.337 e. The van der Waals surface area contributed by atoms with Gasteiger partial charge < -0.3 is 14.8 Å². The molecule has 5 heteroatoms. The predicted octanol–water partition coefficient (Wildman–Crippen LogP) is 4.74. The summed E-state index contributed by atoms with van der Waals surface area (Å²) >= 11 is 0. The summed E-state index contributed by atoms with van der Waals surface area (Å²) in [4.78, 5) is 11.9. The fourth-order valence-electron chi connectivity index (χ4n) is 4.91. The Bertz CT molecular complexity index is 615. The van der Waals surface area contributed by atoms with Gasteiger partial charge in [0.25, 0.3) is 0 Å². The predicted molar refractivity (Wildman–Crippen MR) is 100 cm³/mol. The van der Waals surface area contributed by atoms with Crippen molar-refractivity contribution in [3.8, 4) is 0 Å². The third-order valence-corrected chi connectivity index (χ3v) is 6.09. The maximum atomic E-state index is 11.9. The summed E-state index contributed by atoms with van der Waals surface area (Å²) < 4.78 is 11.1. The molecule has 4 nitrogen and oxygen atoms in total. The largest absolute Gasteiger partial charge is 0.465 e. The van der Waals surface area contributed by atoms with Crippen molar-refractivity contribution in [2.45, 2.75) is 57.1 Å². The first kappa shape index (κ1) is 18.5. The first-order valence-corrected chi connectivity index (χ1v) is 9.38. The lowest BCUT2D eigenvalue weighted by atomic mass is 9.71. The van der Waals surface area contributed by atoms with Gasteiger partial charge in [-0.25, -0.2) is 4.79 Å². The SMILES string of the molecule is COC(=O)c1ccc2c(c1)[C@H]1OCCC[C@H]1[C@@H](C1CCCCC1)N2.Cl. The number of halogens is 1. The van der Waals surface area contributed by atoms with E-state index < -0.39 is 0 Å². The molecule has 0 radical (unpaired) electrons. The number of methoxy groups -OCH3 is 1. The van der Waals surface area contributed by atoms with Crippen molar-refractivity contribution >= 4 is 24.1 Å². The molecular formula is C20H28ClNO3. The monoisotopic (exact) mass is 365 g/mol. The van der Waals surface area contributed by atoms with Crippen LogP contribution in [0.4, 0.5) is 5.69 Å². The van der Waals surface area contributed by atoms with Crippen molar-refractivity contribution in [1.82, 2.24) is 0 Å². The van der Waals surface area contributed by atoms with Crippen molar-refractivity contribution in [1.29, 1.82) is 0 Å². The normalized spacial score (nSPS) is 28.8. The van der Waals surface area contributed by atoms with Crippen molar-refractivity contribution < 1.29 is 14.3 Å². The molecule has 0 spiro atoms. The average molecular weight is 366 g/mol. The standard InChI is InChI=1S/C20H27NO3.ClH/c1-23-20(22)14-9-10-17-16(12-14)19-15(8-5-11-24-19)18(21-17)13-6-3-2-4-7-13;/h9-10,12-13,15,18-19,21H,2-8,11H2,1H3;1H/t15-,18+,19-;/m0./s1. The van der Waals surface area contributed by atoms with Gasteiger partial charge in [0, 0.05) is 29.8 Å². The summed E-state index contributed by atoms with van der Waals surface area (Å²) in [5, 5.41) is 3.82. The fraction of sp³-hybridized carbons (Fsp3) is 0.650. The van der Waals surface area contributed by atoms with Crippen LogP contribution >= 0.6 is 12.4 Å². The van der Waals surface area contributed by atoms with E-state index in [1.54, 1.807) is 0 Å². The van der Waals surface area contributed by atoms with Crippen LogP contribution in [0.25, 0.3) is 0 Å². The highest BCUT2D eigenvalue weighted by Crippen LogP contribution is 2.47. The Kier molecular flexibility index (Phi) is 5.90. The second-order valence-electron chi connectivity index (χ2n) is 7.46. The molecule has 1 aliphatic carbocycles. The number of carbonyl (C=O) groups excluding carboxylic acids is 1. The minimum atomic E-state index is -0.278. The number of hydrogen-bond donors (Lipinski definition) is 1.